The fourth-order valence-electron chi connectivity index (χ4n) is 2.99. The van der Waals surface area contributed by atoms with Gasteiger partial charge in [0.25, 0.3) is 0 Å². The minimum atomic E-state index is 0.532. The van der Waals surface area contributed by atoms with Crippen LogP contribution in [0.3, 0.4) is 0 Å². The van der Waals surface area contributed by atoms with E-state index in [0.29, 0.717) is 25.2 Å². The van der Waals surface area contributed by atoms with Crippen molar-refractivity contribution in [2.75, 3.05) is 0 Å². The van der Waals surface area contributed by atoms with E-state index in [-0.39, 0.29) is 0 Å². The average molecular weight is 334 g/mol. The molecule has 2 aromatic carbocycles. The van der Waals surface area contributed by atoms with Crippen molar-refractivity contribution >= 4 is 27.8 Å². The van der Waals surface area contributed by atoms with Gasteiger partial charge in [0.1, 0.15) is 17.9 Å². The Morgan fingerprint density at radius 3 is 2.56 bits per heavy atom. The summed E-state index contributed by atoms with van der Waals surface area (Å²) in [7, 11) is 0. The van der Waals surface area contributed by atoms with Crippen LogP contribution in [0.2, 0.25) is 0 Å². The summed E-state index contributed by atoms with van der Waals surface area (Å²) in [5.74, 6) is 0.905. The van der Waals surface area contributed by atoms with Crippen molar-refractivity contribution in [3.63, 3.8) is 0 Å². The molecule has 0 aliphatic carbocycles. The van der Waals surface area contributed by atoms with Crippen molar-refractivity contribution in [3.05, 3.63) is 54.4 Å². The molecule has 0 unspecified atom stereocenters. The molecule has 0 aliphatic heterocycles. The Balaban J connectivity index is 1.75. The third-order valence-corrected chi connectivity index (χ3v) is 4.31. The molecule has 1 N–H and O–H groups in total. The standard InChI is InChI=1S/C18H18N6O/c1-13(21-25)10-11-23-16-8-4-2-6-14(16)19-18(23)12-24-17-9-5-3-7-15(17)20-22-24/h2-9,25H,10-12H2,1H3/b21-13+. The zero-order valence-electron chi connectivity index (χ0n) is 13.9. The summed E-state index contributed by atoms with van der Waals surface area (Å²) < 4.78 is 4.01. The van der Waals surface area contributed by atoms with E-state index in [1.807, 2.05) is 54.1 Å². The molecule has 2 heterocycles. The molecule has 2 aromatic heterocycles. The summed E-state index contributed by atoms with van der Waals surface area (Å²) in [5, 5.41) is 20.7. The normalized spacial score (nSPS) is 12.3. The van der Waals surface area contributed by atoms with Crippen molar-refractivity contribution in [2.45, 2.75) is 26.4 Å². The van der Waals surface area contributed by atoms with E-state index in [2.05, 4.69) is 26.1 Å². The highest BCUT2D eigenvalue weighted by Crippen LogP contribution is 2.19. The number of aromatic nitrogens is 5. The maximum atomic E-state index is 8.91. The smallest absolute Gasteiger partial charge is 0.131 e. The first-order valence-electron chi connectivity index (χ1n) is 8.16. The Labute approximate surface area is 144 Å². The van der Waals surface area contributed by atoms with Crippen LogP contribution < -0.4 is 0 Å². The molecule has 126 valence electrons. The molecule has 0 spiro atoms. The highest BCUT2D eigenvalue weighted by atomic mass is 16.4. The van der Waals surface area contributed by atoms with Gasteiger partial charge in [0.05, 0.1) is 22.3 Å². The van der Waals surface area contributed by atoms with Gasteiger partial charge in [0.15, 0.2) is 0 Å². The number of oxime groups is 1. The number of aryl methyl sites for hydroxylation is 1. The first kappa shape index (κ1) is 15.3. The molecule has 0 atom stereocenters. The molecule has 0 radical (unpaired) electrons. The lowest BCUT2D eigenvalue weighted by Crippen LogP contribution is -2.11. The number of hydrogen-bond donors (Lipinski definition) is 1. The number of hydrogen-bond acceptors (Lipinski definition) is 5. The second-order valence-corrected chi connectivity index (χ2v) is 5.99. The van der Waals surface area contributed by atoms with Crippen LogP contribution in [0.25, 0.3) is 22.1 Å². The van der Waals surface area contributed by atoms with Crippen molar-refractivity contribution < 1.29 is 5.21 Å². The van der Waals surface area contributed by atoms with Gasteiger partial charge < -0.3 is 9.77 Å². The van der Waals surface area contributed by atoms with E-state index < -0.39 is 0 Å². The summed E-state index contributed by atoms with van der Waals surface area (Å²) in [6, 6.07) is 15.9. The van der Waals surface area contributed by atoms with Crippen LogP contribution in [0, 0.1) is 0 Å². The Morgan fingerprint density at radius 2 is 1.76 bits per heavy atom. The topological polar surface area (TPSA) is 81.1 Å². The molecule has 7 nitrogen and oxygen atoms in total. The number of benzene rings is 2. The van der Waals surface area contributed by atoms with Gasteiger partial charge in [-0.3, -0.25) is 0 Å². The average Bonchev–Trinajstić information content (AvgIpc) is 3.21. The number of rotatable bonds is 5. The van der Waals surface area contributed by atoms with Gasteiger partial charge in [-0.05, 0) is 31.2 Å². The van der Waals surface area contributed by atoms with Crippen LogP contribution in [0.5, 0.6) is 0 Å². The lowest BCUT2D eigenvalue weighted by Gasteiger charge is -2.09. The number of para-hydroxylation sites is 3. The second-order valence-electron chi connectivity index (χ2n) is 5.99. The molecular weight excluding hydrogens is 316 g/mol. The number of fused-ring (bicyclic) bond motifs is 2. The highest BCUT2D eigenvalue weighted by molar-refractivity contribution is 5.81. The number of nitrogens with zero attached hydrogens (tertiary/aromatic N) is 6. The molecule has 0 saturated carbocycles. The predicted octanol–water partition coefficient (Wildman–Crippen LogP) is 3.07. The highest BCUT2D eigenvalue weighted by Gasteiger charge is 2.13. The van der Waals surface area contributed by atoms with E-state index >= 15 is 0 Å². The van der Waals surface area contributed by atoms with E-state index in [0.717, 1.165) is 27.9 Å². The van der Waals surface area contributed by atoms with Crippen LogP contribution in [-0.2, 0) is 13.1 Å². The molecule has 0 fully saturated rings. The Bertz CT molecular complexity index is 1060. The van der Waals surface area contributed by atoms with Crippen LogP contribution >= 0.6 is 0 Å². The Hall–Kier alpha value is -3.22. The van der Waals surface area contributed by atoms with Crippen molar-refractivity contribution in [1.82, 2.24) is 24.5 Å². The first-order valence-corrected chi connectivity index (χ1v) is 8.16. The van der Waals surface area contributed by atoms with Crippen LogP contribution in [-0.4, -0.2) is 35.5 Å². The van der Waals surface area contributed by atoms with Gasteiger partial charge in [-0.15, -0.1) is 5.10 Å². The third kappa shape index (κ3) is 2.84. The second kappa shape index (κ2) is 6.35. The molecule has 4 aromatic rings. The van der Waals surface area contributed by atoms with Gasteiger partial charge in [0, 0.05) is 13.0 Å². The maximum Gasteiger partial charge on any atom is 0.131 e. The fourth-order valence-corrected chi connectivity index (χ4v) is 2.99. The van der Waals surface area contributed by atoms with Gasteiger partial charge in [0.2, 0.25) is 0 Å². The van der Waals surface area contributed by atoms with Gasteiger partial charge in [-0.25, -0.2) is 9.67 Å². The van der Waals surface area contributed by atoms with Gasteiger partial charge >= 0.3 is 0 Å². The monoisotopic (exact) mass is 334 g/mol. The molecular formula is C18H18N6O. The molecule has 0 bridgehead atoms. The van der Waals surface area contributed by atoms with Crippen LogP contribution in [0.15, 0.2) is 53.7 Å². The molecule has 4 rings (SSSR count). The lowest BCUT2D eigenvalue weighted by atomic mass is 10.2. The van der Waals surface area contributed by atoms with Gasteiger partial charge in [-0.2, -0.15) is 0 Å². The minimum Gasteiger partial charge on any atom is -0.411 e. The minimum absolute atomic E-state index is 0.532. The van der Waals surface area contributed by atoms with Crippen molar-refractivity contribution in [1.29, 1.82) is 0 Å². The van der Waals surface area contributed by atoms with Crippen LogP contribution in [0.4, 0.5) is 0 Å². The summed E-state index contributed by atoms with van der Waals surface area (Å²) in [5.41, 5.74) is 4.55. The third-order valence-electron chi connectivity index (χ3n) is 4.31. The summed E-state index contributed by atoms with van der Waals surface area (Å²) in [6.45, 7) is 3.03. The Morgan fingerprint density at radius 1 is 1.04 bits per heavy atom. The van der Waals surface area contributed by atoms with Crippen molar-refractivity contribution in [3.8, 4) is 0 Å². The predicted molar refractivity (Wildman–Crippen MR) is 95.9 cm³/mol. The van der Waals surface area contributed by atoms with E-state index in [4.69, 9.17) is 10.2 Å². The summed E-state index contributed by atoms with van der Waals surface area (Å²) in [6.07, 6.45) is 0.655. The summed E-state index contributed by atoms with van der Waals surface area (Å²) in [4.78, 5) is 4.77. The molecule has 25 heavy (non-hydrogen) atoms. The lowest BCUT2D eigenvalue weighted by molar-refractivity contribution is 0.317. The fraction of sp³-hybridized carbons (Fsp3) is 0.222. The largest absolute Gasteiger partial charge is 0.411 e. The van der Waals surface area contributed by atoms with Crippen LogP contribution in [0.1, 0.15) is 19.2 Å². The van der Waals surface area contributed by atoms with Crippen molar-refractivity contribution in [2.24, 2.45) is 5.16 Å². The first-order chi connectivity index (χ1) is 12.3. The molecule has 0 saturated heterocycles. The zero-order chi connectivity index (χ0) is 17.2. The van der Waals surface area contributed by atoms with E-state index in [9.17, 15) is 0 Å². The Kier molecular flexibility index (Phi) is 3.89. The quantitative estimate of drug-likeness (QED) is 0.345. The van der Waals surface area contributed by atoms with E-state index in [1.54, 1.807) is 0 Å². The number of imidazole rings is 1. The molecule has 7 heteroatoms. The molecule has 0 aliphatic rings. The SMILES string of the molecule is C/C(CCn1c(Cn2nnc3ccccc32)nc2ccccc21)=N\O. The zero-order valence-corrected chi connectivity index (χ0v) is 13.9. The maximum absolute atomic E-state index is 8.91. The molecule has 0 amide bonds. The van der Waals surface area contributed by atoms with E-state index in [1.165, 1.54) is 0 Å². The summed E-state index contributed by atoms with van der Waals surface area (Å²) >= 11 is 0. The van der Waals surface area contributed by atoms with Gasteiger partial charge in [-0.1, -0.05) is 34.6 Å².